The Bertz CT molecular complexity index is 890. The zero-order chi connectivity index (χ0) is 19.1. The van der Waals surface area contributed by atoms with Gasteiger partial charge < -0.3 is 10.1 Å². The predicted molar refractivity (Wildman–Crippen MR) is 100 cm³/mol. The number of benzene rings is 2. The number of anilines is 1. The number of nitrogens with zero attached hydrogens (tertiary/aromatic N) is 1. The van der Waals surface area contributed by atoms with Crippen molar-refractivity contribution in [3.8, 4) is 6.07 Å². The highest BCUT2D eigenvalue weighted by atomic mass is 16.5. The van der Waals surface area contributed by atoms with Crippen LogP contribution in [0.4, 0.5) is 5.69 Å². The maximum absolute atomic E-state index is 12.0. The van der Waals surface area contributed by atoms with Gasteiger partial charge in [-0.3, -0.25) is 4.79 Å². The largest absolute Gasteiger partial charge is 0.451 e. The van der Waals surface area contributed by atoms with Crippen molar-refractivity contribution < 1.29 is 14.3 Å². The van der Waals surface area contributed by atoms with Crippen LogP contribution in [0.1, 0.15) is 22.3 Å². The van der Waals surface area contributed by atoms with Crippen molar-refractivity contribution in [1.82, 2.24) is 0 Å². The molecule has 0 unspecified atom stereocenters. The minimum atomic E-state index is -0.830. The van der Waals surface area contributed by atoms with E-state index in [0.29, 0.717) is 11.3 Å². The highest BCUT2D eigenvalue weighted by molar-refractivity contribution is 6.00. The lowest BCUT2D eigenvalue weighted by atomic mass is 10.1. The van der Waals surface area contributed by atoms with E-state index in [0.717, 1.165) is 16.7 Å². The second-order valence-electron chi connectivity index (χ2n) is 6.02. The Morgan fingerprint density at radius 1 is 1.08 bits per heavy atom. The van der Waals surface area contributed by atoms with Crippen molar-refractivity contribution >= 4 is 23.6 Å². The summed E-state index contributed by atoms with van der Waals surface area (Å²) in [7, 11) is 0. The average Bonchev–Trinajstić information content (AvgIpc) is 2.61. The molecule has 0 aliphatic carbocycles. The molecule has 0 heterocycles. The molecule has 0 aliphatic heterocycles. The van der Waals surface area contributed by atoms with Gasteiger partial charge >= 0.3 is 5.97 Å². The maximum Gasteiger partial charge on any atom is 0.349 e. The fraction of sp³-hybridized carbons (Fsp3) is 0.190. The minimum absolute atomic E-state index is 0.159. The van der Waals surface area contributed by atoms with E-state index in [-0.39, 0.29) is 5.57 Å². The smallest absolute Gasteiger partial charge is 0.349 e. The van der Waals surface area contributed by atoms with Gasteiger partial charge in [-0.05, 0) is 44.0 Å². The normalized spacial score (nSPS) is 10.8. The lowest BCUT2D eigenvalue weighted by Gasteiger charge is -2.09. The van der Waals surface area contributed by atoms with Crippen LogP contribution >= 0.6 is 0 Å². The summed E-state index contributed by atoms with van der Waals surface area (Å²) in [5, 5.41) is 11.8. The van der Waals surface area contributed by atoms with E-state index in [1.54, 1.807) is 18.2 Å². The van der Waals surface area contributed by atoms with E-state index in [4.69, 9.17) is 10.00 Å². The summed E-state index contributed by atoms with van der Waals surface area (Å²) in [6.07, 6.45) is 1.43. The zero-order valence-corrected chi connectivity index (χ0v) is 15.0. The molecule has 0 spiro atoms. The van der Waals surface area contributed by atoms with Gasteiger partial charge in [0.05, 0.1) is 0 Å². The van der Waals surface area contributed by atoms with Gasteiger partial charge in [0.15, 0.2) is 6.61 Å². The second-order valence-corrected chi connectivity index (χ2v) is 6.02. The monoisotopic (exact) mass is 348 g/mol. The number of hydrogen-bond acceptors (Lipinski definition) is 4. The summed E-state index contributed by atoms with van der Waals surface area (Å²) in [4.78, 5) is 24.0. The standard InChI is InChI=1S/C21H20N2O3/c1-14-4-7-17(8-5-14)11-18(12-22)21(25)26-13-20(24)23-19-9-6-15(2)10-16(19)3/h4-11H,13H2,1-3H3,(H,23,24)/b18-11+. The maximum atomic E-state index is 12.0. The van der Waals surface area contributed by atoms with Crippen LogP contribution in [0.25, 0.3) is 6.08 Å². The number of carbonyl (C=O) groups excluding carboxylic acids is 2. The van der Waals surface area contributed by atoms with E-state index in [2.05, 4.69) is 5.32 Å². The lowest BCUT2D eigenvalue weighted by Crippen LogP contribution is -2.21. The van der Waals surface area contributed by atoms with Gasteiger partial charge in [-0.1, -0.05) is 47.5 Å². The number of aryl methyl sites for hydroxylation is 3. The van der Waals surface area contributed by atoms with Crippen molar-refractivity contribution in [1.29, 1.82) is 5.26 Å². The number of hydrogen-bond donors (Lipinski definition) is 1. The molecule has 132 valence electrons. The van der Waals surface area contributed by atoms with Gasteiger partial charge in [0.2, 0.25) is 0 Å². The lowest BCUT2D eigenvalue weighted by molar-refractivity contribution is -0.142. The molecule has 2 aromatic rings. The van der Waals surface area contributed by atoms with Gasteiger partial charge in [0, 0.05) is 5.69 Å². The third-order valence-electron chi connectivity index (χ3n) is 3.72. The molecule has 0 saturated heterocycles. The molecule has 26 heavy (non-hydrogen) atoms. The molecule has 5 heteroatoms. The average molecular weight is 348 g/mol. The number of carbonyl (C=O) groups is 2. The molecule has 0 aromatic heterocycles. The van der Waals surface area contributed by atoms with Crippen LogP contribution in [0.3, 0.4) is 0 Å². The Balaban J connectivity index is 1.96. The Kier molecular flexibility index (Phi) is 6.29. The van der Waals surface area contributed by atoms with E-state index < -0.39 is 18.5 Å². The Morgan fingerprint density at radius 3 is 2.35 bits per heavy atom. The molecule has 0 radical (unpaired) electrons. The van der Waals surface area contributed by atoms with Gasteiger partial charge in [-0.2, -0.15) is 5.26 Å². The minimum Gasteiger partial charge on any atom is -0.451 e. The van der Waals surface area contributed by atoms with Crippen LogP contribution in [0.15, 0.2) is 48.0 Å². The zero-order valence-electron chi connectivity index (χ0n) is 15.0. The SMILES string of the molecule is Cc1ccc(/C=C(\C#N)C(=O)OCC(=O)Nc2ccc(C)cc2C)cc1. The quantitative estimate of drug-likeness (QED) is 0.508. The van der Waals surface area contributed by atoms with Gasteiger partial charge in [-0.15, -0.1) is 0 Å². The van der Waals surface area contributed by atoms with Crippen LogP contribution in [0.5, 0.6) is 0 Å². The molecule has 2 aromatic carbocycles. The molecular weight excluding hydrogens is 328 g/mol. The first kappa shape index (κ1) is 18.9. The molecule has 0 saturated carbocycles. The van der Waals surface area contributed by atoms with E-state index in [1.165, 1.54) is 6.08 Å². The highest BCUT2D eigenvalue weighted by Crippen LogP contribution is 2.16. The van der Waals surface area contributed by atoms with E-state index in [9.17, 15) is 9.59 Å². The van der Waals surface area contributed by atoms with Crippen LogP contribution in [-0.2, 0) is 14.3 Å². The topological polar surface area (TPSA) is 79.2 Å². The van der Waals surface area contributed by atoms with Crippen LogP contribution < -0.4 is 5.32 Å². The number of nitrogens with one attached hydrogen (secondary N) is 1. The number of rotatable bonds is 5. The molecule has 2 rings (SSSR count). The molecule has 0 fully saturated rings. The summed E-state index contributed by atoms with van der Waals surface area (Å²) in [6, 6.07) is 14.8. The molecular formula is C21H20N2O3. The Hall–Kier alpha value is -3.39. The molecule has 5 nitrogen and oxygen atoms in total. The Morgan fingerprint density at radius 2 is 1.73 bits per heavy atom. The number of amides is 1. The summed E-state index contributed by atoms with van der Waals surface area (Å²) < 4.78 is 4.95. The van der Waals surface area contributed by atoms with Gasteiger partial charge in [-0.25, -0.2) is 4.79 Å². The molecule has 1 N–H and O–H groups in total. The van der Waals surface area contributed by atoms with Crippen LogP contribution in [-0.4, -0.2) is 18.5 Å². The summed E-state index contributed by atoms with van der Waals surface area (Å²) >= 11 is 0. The number of esters is 1. The third-order valence-corrected chi connectivity index (χ3v) is 3.72. The Labute approximate surface area is 152 Å². The van der Waals surface area contributed by atoms with Crippen molar-refractivity contribution in [2.45, 2.75) is 20.8 Å². The van der Waals surface area contributed by atoms with Crippen molar-refractivity contribution in [2.75, 3.05) is 11.9 Å². The molecule has 1 amide bonds. The van der Waals surface area contributed by atoms with Crippen molar-refractivity contribution in [3.63, 3.8) is 0 Å². The first-order chi connectivity index (χ1) is 12.4. The van der Waals surface area contributed by atoms with E-state index in [1.807, 2.05) is 51.1 Å². The number of ether oxygens (including phenoxy) is 1. The fourth-order valence-corrected chi connectivity index (χ4v) is 2.32. The summed E-state index contributed by atoms with van der Waals surface area (Å²) in [5.41, 5.74) is 4.30. The van der Waals surface area contributed by atoms with Crippen LogP contribution in [0.2, 0.25) is 0 Å². The van der Waals surface area contributed by atoms with E-state index >= 15 is 0 Å². The predicted octanol–water partition coefficient (Wildman–Crippen LogP) is 3.70. The third kappa shape index (κ3) is 5.32. The first-order valence-electron chi connectivity index (χ1n) is 8.11. The molecule has 0 aliphatic rings. The van der Waals surface area contributed by atoms with Crippen molar-refractivity contribution in [3.05, 3.63) is 70.3 Å². The molecule has 0 atom stereocenters. The summed E-state index contributed by atoms with van der Waals surface area (Å²) in [6.45, 7) is 5.33. The summed E-state index contributed by atoms with van der Waals surface area (Å²) in [5.74, 6) is -1.29. The first-order valence-corrected chi connectivity index (χ1v) is 8.11. The fourth-order valence-electron chi connectivity index (χ4n) is 2.32. The van der Waals surface area contributed by atoms with Gasteiger partial charge in [0.1, 0.15) is 11.6 Å². The number of nitriles is 1. The highest BCUT2D eigenvalue weighted by Gasteiger charge is 2.13. The second kappa shape index (κ2) is 8.63. The van der Waals surface area contributed by atoms with Gasteiger partial charge in [0.25, 0.3) is 5.91 Å². The molecule has 0 bridgehead atoms. The van der Waals surface area contributed by atoms with Crippen molar-refractivity contribution in [2.24, 2.45) is 0 Å². The van der Waals surface area contributed by atoms with Crippen LogP contribution in [0, 0.1) is 32.1 Å².